The second kappa shape index (κ2) is 5.13. The Morgan fingerprint density at radius 3 is 2.57 bits per heavy atom. The first-order chi connectivity index (χ1) is 9.94. The third-order valence-corrected chi connectivity index (χ3v) is 3.52. The van der Waals surface area contributed by atoms with Crippen molar-refractivity contribution in [2.45, 2.75) is 37.7 Å². The summed E-state index contributed by atoms with van der Waals surface area (Å²) in [4.78, 5) is 3.93. The van der Waals surface area contributed by atoms with Crippen LogP contribution >= 0.6 is 0 Å². The lowest BCUT2D eigenvalue weighted by atomic mass is 10.0. The van der Waals surface area contributed by atoms with E-state index in [0.717, 1.165) is 5.56 Å². The van der Waals surface area contributed by atoms with Crippen molar-refractivity contribution < 1.29 is 17.6 Å². The first kappa shape index (κ1) is 14.0. The molecule has 0 N–H and O–H groups in total. The molecule has 7 heteroatoms. The topological polar surface area (TPSA) is 30.7 Å². The predicted molar refractivity (Wildman–Crippen MR) is 67.4 cm³/mol. The minimum atomic E-state index is -4.26. The van der Waals surface area contributed by atoms with Crippen LogP contribution in [0.25, 0.3) is 0 Å². The zero-order chi connectivity index (χ0) is 15.0. The zero-order valence-electron chi connectivity index (χ0n) is 11.0. The highest BCUT2D eigenvalue weighted by molar-refractivity contribution is 5.23. The van der Waals surface area contributed by atoms with E-state index in [1.54, 1.807) is 0 Å². The second-order valence-electron chi connectivity index (χ2n) is 5.08. The predicted octanol–water partition coefficient (Wildman–Crippen LogP) is 3.78. The summed E-state index contributed by atoms with van der Waals surface area (Å²) in [6, 6.07) is 8.92. The van der Waals surface area contributed by atoms with Crippen LogP contribution in [-0.4, -0.2) is 20.9 Å². The second-order valence-corrected chi connectivity index (χ2v) is 5.08. The first-order valence-electron chi connectivity index (χ1n) is 6.65. The largest absolute Gasteiger partial charge is 0.389 e. The molecule has 0 spiro atoms. The number of aromatic nitrogens is 3. The van der Waals surface area contributed by atoms with Crippen molar-refractivity contribution in [3.8, 4) is 0 Å². The average Bonchev–Trinajstić information content (AvgIpc) is 2.98. The number of alkyl halides is 4. The molecule has 21 heavy (non-hydrogen) atoms. The molecule has 0 aliphatic carbocycles. The lowest BCUT2D eigenvalue weighted by Crippen LogP contribution is -2.11. The zero-order valence-corrected chi connectivity index (χ0v) is 11.0. The molecule has 2 atom stereocenters. The summed E-state index contributed by atoms with van der Waals surface area (Å²) in [7, 11) is 0. The molecule has 0 saturated carbocycles. The molecule has 1 unspecified atom stereocenters. The fraction of sp³-hybridized carbons (Fsp3) is 0.429. The van der Waals surface area contributed by atoms with Gasteiger partial charge in [-0.2, -0.15) is 18.3 Å². The fourth-order valence-corrected chi connectivity index (χ4v) is 2.54. The maximum absolute atomic E-state index is 14.0. The molecule has 0 radical (unpaired) electrons. The van der Waals surface area contributed by atoms with Gasteiger partial charge in [0.25, 0.3) is 0 Å². The molecule has 0 bridgehead atoms. The minimum Gasteiger partial charge on any atom is -0.239 e. The van der Waals surface area contributed by atoms with Crippen LogP contribution in [0, 0.1) is 0 Å². The maximum atomic E-state index is 14.0. The number of halogens is 4. The van der Waals surface area contributed by atoms with E-state index in [1.807, 2.05) is 30.3 Å². The van der Waals surface area contributed by atoms with E-state index in [0.29, 0.717) is 0 Å². The Kier molecular flexibility index (Phi) is 3.43. The molecule has 2 heterocycles. The Morgan fingerprint density at radius 1 is 1.19 bits per heavy atom. The van der Waals surface area contributed by atoms with Crippen LogP contribution in [0.4, 0.5) is 17.6 Å². The highest BCUT2D eigenvalue weighted by atomic mass is 19.4. The summed E-state index contributed by atoms with van der Waals surface area (Å²) in [5, 5.41) is 4.07. The third-order valence-electron chi connectivity index (χ3n) is 3.52. The van der Waals surface area contributed by atoms with Crippen LogP contribution in [0.3, 0.4) is 0 Å². The Hall–Kier alpha value is -1.92. The van der Waals surface area contributed by atoms with Crippen LogP contribution < -0.4 is 0 Å². The fourth-order valence-electron chi connectivity index (χ4n) is 2.54. The van der Waals surface area contributed by atoms with Crippen LogP contribution in [-0.2, 0) is 6.42 Å². The van der Waals surface area contributed by atoms with E-state index in [1.165, 1.54) is 4.68 Å². The van der Waals surface area contributed by atoms with Crippen molar-refractivity contribution in [2.75, 3.05) is 0 Å². The lowest BCUT2D eigenvalue weighted by molar-refractivity contribution is -0.134. The van der Waals surface area contributed by atoms with Crippen molar-refractivity contribution in [1.29, 1.82) is 0 Å². The monoisotopic (exact) mass is 299 g/mol. The molecule has 1 aromatic heterocycles. The molecule has 0 saturated heterocycles. The van der Waals surface area contributed by atoms with Crippen molar-refractivity contribution in [3.05, 3.63) is 47.5 Å². The van der Waals surface area contributed by atoms with E-state index in [4.69, 9.17) is 0 Å². The van der Waals surface area contributed by atoms with Gasteiger partial charge in [-0.3, -0.25) is 0 Å². The van der Waals surface area contributed by atoms with E-state index in [9.17, 15) is 17.6 Å². The molecule has 2 aromatic rings. The Bertz CT molecular complexity index is 621. The molecule has 1 aromatic carbocycles. The minimum absolute atomic E-state index is 0.0469. The van der Waals surface area contributed by atoms with Gasteiger partial charge < -0.3 is 0 Å². The maximum Gasteiger partial charge on any atom is 0.389 e. The van der Waals surface area contributed by atoms with Crippen LogP contribution in [0.1, 0.15) is 42.3 Å². The van der Waals surface area contributed by atoms with Crippen molar-refractivity contribution in [1.82, 2.24) is 14.8 Å². The smallest absolute Gasteiger partial charge is 0.239 e. The Balaban J connectivity index is 1.84. The number of nitrogens with zero attached hydrogens (tertiary/aromatic N) is 3. The summed E-state index contributed by atoms with van der Waals surface area (Å²) in [6.07, 6.45) is -6.65. The number of aryl methyl sites for hydroxylation is 1. The number of fused-ring (bicyclic) bond motifs is 1. The number of rotatable bonds is 3. The van der Waals surface area contributed by atoms with E-state index < -0.39 is 18.8 Å². The molecule has 0 fully saturated rings. The van der Waals surface area contributed by atoms with Crippen LogP contribution in [0.5, 0.6) is 0 Å². The van der Waals surface area contributed by atoms with E-state index in [2.05, 4.69) is 10.1 Å². The third kappa shape index (κ3) is 2.91. The van der Waals surface area contributed by atoms with Crippen molar-refractivity contribution in [3.63, 3.8) is 0 Å². The van der Waals surface area contributed by atoms with Gasteiger partial charge in [-0.25, -0.2) is 14.1 Å². The van der Waals surface area contributed by atoms with Crippen molar-refractivity contribution >= 4 is 0 Å². The quantitative estimate of drug-likeness (QED) is 0.808. The van der Waals surface area contributed by atoms with Gasteiger partial charge in [0.1, 0.15) is 0 Å². The van der Waals surface area contributed by atoms with Gasteiger partial charge in [0.15, 0.2) is 17.8 Å². The van der Waals surface area contributed by atoms with Gasteiger partial charge >= 0.3 is 6.18 Å². The van der Waals surface area contributed by atoms with Crippen LogP contribution in [0.15, 0.2) is 30.3 Å². The van der Waals surface area contributed by atoms with Gasteiger partial charge in [0, 0.05) is 12.8 Å². The van der Waals surface area contributed by atoms with Gasteiger partial charge in [-0.05, 0) is 5.56 Å². The Morgan fingerprint density at radius 2 is 1.90 bits per heavy atom. The van der Waals surface area contributed by atoms with Crippen molar-refractivity contribution in [2.24, 2.45) is 0 Å². The molecule has 3 rings (SSSR count). The van der Waals surface area contributed by atoms with Crippen LogP contribution in [0.2, 0.25) is 0 Å². The molecule has 1 aliphatic rings. The highest BCUT2D eigenvalue weighted by Crippen LogP contribution is 2.39. The molecule has 1 aliphatic heterocycles. The number of hydrogen-bond donors (Lipinski definition) is 0. The normalized spacial score (nSPS) is 21.5. The number of benzene rings is 1. The molecule has 0 amide bonds. The van der Waals surface area contributed by atoms with E-state index >= 15 is 0 Å². The summed E-state index contributed by atoms with van der Waals surface area (Å²) in [6.45, 7) is 0. The molecule has 112 valence electrons. The standard InChI is InChI=1S/C14H13F4N3/c15-10-8-11(9-4-2-1-3-5-9)21-13(10)19-12(20-21)6-7-14(16,17)18/h1-5,10-11H,6-8H2/t10-,11?/m1/s1. The van der Waals surface area contributed by atoms with Gasteiger partial charge in [-0.1, -0.05) is 30.3 Å². The number of hydrogen-bond acceptors (Lipinski definition) is 2. The first-order valence-corrected chi connectivity index (χ1v) is 6.65. The summed E-state index contributed by atoms with van der Waals surface area (Å²) in [5.74, 6) is 0.173. The molecular formula is C14H13F4N3. The summed E-state index contributed by atoms with van der Waals surface area (Å²) in [5.41, 5.74) is 0.881. The van der Waals surface area contributed by atoms with Gasteiger partial charge in [0.2, 0.25) is 0 Å². The summed E-state index contributed by atoms with van der Waals surface area (Å²) < 4.78 is 52.1. The highest BCUT2D eigenvalue weighted by Gasteiger charge is 2.36. The lowest BCUT2D eigenvalue weighted by Gasteiger charge is -2.11. The molecule has 3 nitrogen and oxygen atoms in total. The van der Waals surface area contributed by atoms with Gasteiger partial charge in [0.05, 0.1) is 12.5 Å². The molecular weight excluding hydrogens is 286 g/mol. The SMILES string of the molecule is F[C@@H]1CC(c2ccccc2)n2nc(CCC(F)(F)F)nc21. The average molecular weight is 299 g/mol. The van der Waals surface area contributed by atoms with Gasteiger partial charge in [-0.15, -0.1) is 0 Å². The van der Waals surface area contributed by atoms with E-state index in [-0.39, 0.29) is 30.5 Å². The Labute approximate surface area is 118 Å². The summed E-state index contributed by atoms with van der Waals surface area (Å²) >= 11 is 0.